The Morgan fingerprint density at radius 3 is 2.62 bits per heavy atom. The van der Waals surface area contributed by atoms with Crippen molar-refractivity contribution in [3.05, 3.63) is 46.0 Å². The molecule has 0 N–H and O–H groups in total. The Balaban J connectivity index is 2.03. The maximum Gasteiger partial charge on any atom is 0.270 e. The fourth-order valence-corrected chi connectivity index (χ4v) is 3.31. The largest absolute Gasteiger partial charge is 0.338 e. The molecule has 0 aromatic heterocycles. The molecule has 1 saturated carbocycles. The predicted octanol–water partition coefficient (Wildman–Crippen LogP) is 3.58. The Morgan fingerprint density at radius 2 is 1.96 bits per heavy atom. The van der Waals surface area contributed by atoms with E-state index in [1.54, 1.807) is 18.2 Å². The molecule has 1 fully saturated rings. The Kier molecular flexibility index (Phi) is 7.78. The molecule has 0 spiro atoms. The summed E-state index contributed by atoms with van der Waals surface area (Å²) in [4.78, 5) is 27.2. The van der Waals surface area contributed by atoms with Gasteiger partial charge in [0.2, 0.25) is 5.91 Å². The highest BCUT2D eigenvalue weighted by Crippen LogP contribution is 2.24. The Hall–Kier alpha value is -2.21. The highest BCUT2D eigenvalue weighted by Gasteiger charge is 2.19. The van der Waals surface area contributed by atoms with Crippen molar-refractivity contribution < 1.29 is 9.72 Å². The van der Waals surface area contributed by atoms with Crippen LogP contribution in [0, 0.1) is 16.0 Å². The summed E-state index contributed by atoms with van der Waals surface area (Å²) in [5.41, 5.74) is 0.698. The highest BCUT2D eigenvalue weighted by molar-refractivity contribution is 5.91. The van der Waals surface area contributed by atoms with E-state index in [-0.39, 0.29) is 11.6 Å². The van der Waals surface area contributed by atoms with Crippen LogP contribution in [0.5, 0.6) is 0 Å². The average molecular weight is 359 g/mol. The number of carbonyl (C=O) groups is 1. The molecule has 26 heavy (non-hydrogen) atoms. The van der Waals surface area contributed by atoms with Gasteiger partial charge in [0.05, 0.1) is 4.92 Å². The van der Waals surface area contributed by atoms with Gasteiger partial charge >= 0.3 is 0 Å². The lowest BCUT2D eigenvalue weighted by molar-refractivity contribution is -0.384. The first kappa shape index (κ1) is 20.1. The number of hydrogen-bond acceptors (Lipinski definition) is 4. The first-order valence-electron chi connectivity index (χ1n) is 9.32. The van der Waals surface area contributed by atoms with Crippen molar-refractivity contribution in [2.75, 3.05) is 33.7 Å². The minimum atomic E-state index is -0.425. The second-order valence-electron chi connectivity index (χ2n) is 7.28. The number of rotatable bonds is 8. The second kappa shape index (κ2) is 10.1. The SMILES string of the molecule is CN(C)CCN(CC1CCCCC1)C(=O)/C=C/c1cccc([N+](=O)[O-])c1. The molecule has 0 unspecified atom stereocenters. The molecule has 0 bridgehead atoms. The lowest BCUT2D eigenvalue weighted by Crippen LogP contribution is -2.39. The average Bonchev–Trinajstić information content (AvgIpc) is 2.64. The van der Waals surface area contributed by atoms with Crippen LogP contribution in [0.15, 0.2) is 30.3 Å². The van der Waals surface area contributed by atoms with Gasteiger partial charge in [-0.05, 0) is 44.5 Å². The van der Waals surface area contributed by atoms with Crippen molar-refractivity contribution in [2.45, 2.75) is 32.1 Å². The summed E-state index contributed by atoms with van der Waals surface area (Å²) in [5, 5.41) is 10.9. The minimum absolute atomic E-state index is 0.0241. The van der Waals surface area contributed by atoms with Crippen LogP contribution in [0.1, 0.15) is 37.7 Å². The van der Waals surface area contributed by atoms with E-state index in [9.17, 15) is 14.9 Å². The molecular formula is C20H29N3O3. The Labute approximate surface area is 155 Å². The van der Waals surface area contributed by atoms with Gasteiger partial charge in [0.15, 0.2) is 0 Å². The number of carbonyl (C=O) groups excluding carboxylic acids is 1. The van der Waals surface area contributed by atoms with Crippen molar-refractivity contribution in [1.29, 1.82) is 0 Å². The second-order valence-corrected chi connectivity index (χ2v) is 7.28. The van der Waals surface area contributed by atoms with Crippen molar-refractivity contribution in [2.24, 2.45) is 5.92 Å². The van der Waals surface area contributed by atoms with Gasteiger partial charge in [-0.15, -0.1) is 0 Å². The van der Waals surface area contributed by atoms with Crippen LogP contribution < -0.4 is 0 Å². The van der Waals surface area contributed by atoms with Crippen LogP contribution in [0.3, 0.4) is 0 Å². The van der Waals surface area contributed by atoms with E-state index in [1.807, 2.05) is 19.0 Å². The fourth-order valence-electron chi connectivity index (χ4n) is 3.31. The number of non-ortho nitro benzene ring substituents is 1. The van der Waals surface area contributed by atoms with Crippen molar-refractivity contribution in [1.82, 2.24) is 9.80 Å². The lowest BCUT2D eigenvalue weighted by Gasteiger charge is -2.30. The molecule has 142 valence electrons. The van der Waals surface area contributed by atoms with Crippen LogP contribution >= 0.6 is 0 Å². The monoisotopic (exact) mass is 359 g/mol. The normalized spacial score (nSPS) is 15.5. The van der Waals surface area contributed by atoms with Gasteiger partial charge in [-0.2, -0.15) is 0 Å². The standard InChI is InChI=1S/C20H29N3O3/c1-21(2)13-14-22(16-18-7-4-3-5-8-18)20(24)12-11-17-9-6-10-19(15-17)23(25)26/h6,9-12,15,18H,3-5,7-8,13-14,16H2,1-2H3/b12-11+. The number of likely N-dealkylation sites (N-methyl/N-ethyl adjacent to an activating group) is 1. The number of benzene rings is 1. The lowest BCUT2D eigenvalue weighted by atomic mass is 9.89. The van der Waals surface area contributed by atoms with Gasteiger partial charge in [-0.25, -0.2) is 0 Å². The first-order chi connectivity index (χ1) is 12.5. The maximum absolute atomic E-state index is 12.7. The Bertz CT molecular complexity index is 637. The zero-order valence-corrected chi connectivity index (χ0v) is 15.8. The van der Waals surface area contributed by atoms with Crippen molar-refractivity contribution in [3.63, 3.8) is 0 Å². The molecule has 1 aromatic carbocycles. The van der Waals surface area contributed by atoms with Gasteiger partial charge in [0.1, 0.15) is 0 Å². The summed E-state index contributed by atoms with van der Waals surface area (Å²) < 4.78 is 0. The highest BCUT2D eigenvalue weighted by atomic mass is 16.6. The summed E-state index contributed by atoms with van der Waals surface area (Å²) in [5.74, 6) is 0.560. The Morgan fingerprint density at radius 1 is 1.23 bits per heavy atom. The number of amides is 1. The summed E-state index contributed by atoms with van der Waals surface area (Å²) in [7, 11) is 4.00. The molecule has 0 aliphatic heterocycles. The van der Waals surface area contributed by atoms with Crippen molar-refractivity contribution >= 4 is 17.7 Å². The van der Waals surface area contributed by atoms with Crippen LogP contribution in [0.25, 0.3) is 6.08 Å². The summed E-state index contributed by atoms with van der Waals surface area (Å²) >= 11 is 0. The van der Waals surface area contributed by atoms with E-state index in [0.29, 0.717) is 18.0 Å². The number of nitro benzene ring substituents is 1. The fraction of sp³-hybridized carbons (Fsp3) is 0.550. The van der Waals surface area contributed by atoms with Gasteiger partial charge in [-0.1, -0.05) is 31.4 Å². The molecule has 0 saturated heterocycles. The van der Waals surface area contributed by atoms with Gasteiger partial charge < -0.3 is 9.80 Å². The zero-order chi connectivity index (χ0) is 18.9. The molecule has 0 radical (unpaired) electrons. The molecular weight excluding hydrogens is 330 g/mol. The van der Waals surface area contributed by atoms with Gasteiger partial charge in [-0.3, -0.25) is 14.9 Å². The molecule has 1 aliphatic rings. The molecule has 6 heteroatoms. The van der Waals surface area contributed by atoms with Crippen LogP contribution in [0.2, 0.25) is 0 Å². The van der Waals surface area contributed by atoms with E-state index in [1.165, 1.54) is 50.3 Å². The summed E-state index contributed by atoms with van der Waals surface area (Å²) in [6.45, 7) is 2.32. The maximum atomic E-state index is 12.7. The predicted molar refractivity (Wildman–Crippen MR) is 104 cm³/mol. The zero-order valence-electron chi connectivity index (χ0n) is 15.8. The van der Waals surface area contributed by atoms with E-state index < -0.39 is 4.92 Å². The van der Waals surface area contributed by atoms with Crippen molar-refractivity contribution in [3.8, 4) is 0 Å². The third-order valence-electron chi connectivity index (χ3n) is 4.83. The topological polar surface area (TPSA) is 66.7 Å². The first-order valence-corrected chi connectivity index (χ1v) is 9.32. The number of nitro groups is 1. The van der Waals surface area contributed by atoms with E-state index in [4.69, 9.17) is 0 Å². The molecule has 1 aliphatic carbocycles. The summed E-state index contributed by atoms with van der Waals surface area (Å²) in [6.07, 6.45) is 9.40. The number of hydrogen-bond donors (Lipinski definition) is 0. The van der Waals surface area contributed by atoms with Crippen LogP contribution in [0.4, 0.5) is 5.69 Å². The van der Waals surface area contributed by atoms with E-state index >= 15 is 0 Å². The third kappa shape index (κ3) is 6.59. The smallest absolute Gasteiger partial charge is 0.270 e. The molecule has 1 aromatic rings. The van der Waals surface area contributed by atoms with Crippen LogP contribution in [-0.4, -0.2) is 54.4 Å². The quantitative estimate of drug-likeness (QED) is 0.404. The minimum Gasteiger partial charge on any atom is -0.338 e. The van der Waals surface area contributed by atoms with E-state index in [0.717, 1.165) is 13.1 Å². The molecule has 0 heterocycles. The van der Waals surface area contributed by atoms with Gasteiger partial charge in [0, 0.05) is 37.8 Å². The molecule has 2 rings (SSSR count). The van der Waals surface area contributed by atoms with Crippen LogP contribution in [-0.2, 0) is 4.79 Å². The van der Waals surface area contributed by atoms with Gasteiger partial charge in [0.25, 0.3) is 5.69 Å². The molecule has 0 atom stereocenters. The summed E-state index contributed by atoms with van der Waals surface area (Å²) in [6, 6.07) is 6.33. The van der Waals surface area contributed by atoms with E-state index in [2.05, 4.69) is 4.90 Å². The number of nitrogens with zero attached hydrogens (tertiary/aromatic N) is 3. The molecule has 1 amide bonds. The third-order valence-corrected chi connectivity index (χ3v) is 4.83. The molecule has 6 nitrogen and oxygen atoms in total.